The number of methoxy groups -OCH3 is 1. The smallest absolute Gasteiger partial charge is 0.487 e. The predicted octanol–water partition coefficient (Wildman–Crippen LogP) is 4.45. The van der Waals surface area contributed by atoms with Crippen LogP contribution in [-0.2, 0) is 19.6 Å². The maximum atomic E-state index is 16.4. The second-order valence-corrected chi connectivity index (χ2v) is 14.1. The number of nitrogens with zero attached hydrogens (tertiary/aromatic N) is 7. The van der Waals surface area contributed by atoms with E-state index in [1.807, 2.05) is 36.2 Å². The highest BCUT2D eigenvalue weighted by Gasteiger charge is 2.32. The van der Waals surface area contributed by atoms with E-state index in [-0.39, 0.29) is 16.9 Å². The lowest BCUT2D eigenvalue weighted by atomic mass is 10.0. The zero-order valence-corrected chi connectivity index (χ0v) is 30.6. The highest BCUT2D eigenvalue weighted by Crippen LogP contribution is 2.42. The maximum absolute atomic E-state index is 16.4. The van der Waals surface area contributed by atoms with E-state index in [1.165, 1.54) is 6.07 Å². The summed E-state index contributed by atoms with van der Waals surface area (Å²) in [5, 5.41) is 0.289. The molecule has 7 heterocycles. The molecule has 3 aliphatic rings. The molecule has 54 heavy (non-hydrogen) atoms. The third kappa shape index (κ3) is 6.86. The van der Waals surface area contributed by atoms with Gasteiger partial charge in [0.2, 0.25) is 5.88 Å². The lowest BCUT2D eigenvalue weighted by molar-refractivity contribution is 0.222. The third-order valence-corrected chi connectivity index (χ3v) is 10.5. The first-order chi connectivity index (χ1) is 26.1. The second-order valence-electron chi connectivity index (χ2n) is 14.1. The molecule has 1 fully saturated rings. The molecule has 3 aliphatic heterocycles. The molecular weight excluding hydrogens is 695 g/mol. The van der Waals surface area contributed by atoms with Crippen molar-refractivity contribution in [2.45, 2.75) is 45.9 Å². The van der Waals surface area contributed by atoms with Gasteiger partial charge in [0, 0.05) is 75.5 Å². The standard InChI is InChI=1S/C39H43FN8O6/c1-24-23-52-38-35-30(16-31(40)36(38)45-13-11-44(12-14-45)22-32-25(2)53-39(50)54-32)37(49)27(20-48(24)35)19-47(18-26-8-9-42-34(15-26)51-3)29-5-4-10-46(21-29)28-6-7-33(41)43-17-28/h5-9,15-17,20,24H,4,10-14,18-19,21-23H2,1-3H3,(H2,41,43). The number of ether oxygens (including phenoxy) is 2. The Kier molecular flexibility index (Phi) is 9.48. The summed E-state index contributed by atoms with van der Waals surface area (Å²) in [6.07, 6.45) is 8.44. The number of nitrogens with two attached hydrogens (primary N) is 1. The van der Waals surface area contributed by atoms with E-state index < -0.39 is 11.6 Å². The van der Waals surface area contributed by atoms with Crippen LogP contribution in [0.2, 0.25) is 0 Å². The van der Waals surface area contributed by atoms with Gasteiger partial charge in [-0.2, -0.15) is 0 Å². The first-order valence-electron chi connectivity index (χ1n) is 18.1. The van der Waals surface area contributed by atoms with Gasteiger partial charge >= 0.3 is 5.82 Å². The quantitative estimate of drug-likeness (QED) is 0.215. The van der Waals surface area contributed by atoms with E-state index in [0.29, 0.717) is 105 Å². The van der Waals surface area contributed by atoms with Gasteiger partial charge in [-0.3, -0.25) is 9.69 Å². The molecule has 2 N–H and O–H groups in total. The largest absolute Gasteiger partial charge is 0.519 e. The molecule has 0 spiro atoms. The van der Waals surface area contributed by atoms with Crippen LogP contribution in [0.15, 0.2) is 79.1 Å². The number of aryl methyl sites for hydroxylation is 1. The van der Waals surface area contributed by atoms with Gasteiger partial charge in [0.15, 0.2) is 22.8 Å². The van der Waals surface area contributed by atoms with Gasteiger partial charge < -0.3 is 43.3 Å². The zero-order chi connectivity index (χ0) is 37.5. The fourth-order valence-electron chi connectivity index (χ4n) is 7.63. The molecule has 8 rings (SSSR count). The maximum Gasteiger partial charge on any atom is 0.519 e. The molecule has 1 unspecified atom stereocenters. The van der Waals surface area contributed by atoms with Crippen LogP contribution < -0.4 is 36.3 Å². The number of aromatic nitrogens is 3. The number of benzene rings is 1. The van der Waals surface area contributed by atoms with E-state index in [1.54, 1.807) is 32.5 Å². The van der Waals surface area contributed by atoms with Gasteiger partial charge in [0.05, 0.1) is 49.0 Å². The first kappa shape index (κ1) is 35.2. The number of anilines is 3. The van der Waals surface area contributed by atoms with Crippen molar-refractivity contribution in [3.63, 3.8) is 0 Å². The minimum atomic E-state index is -0.717. The van der Waals surface area contributed by atoms with Crippen LogP contribution in [0.5, 0.6) is 11.6 Å². The van der Waals surface area contributed by atoms with Crippen LogP contribution in [0.25, 0.3) is 10.9 Å². The van der Waals surface area contributed by atoms with Crippen molar-refractivity contribution in [1.82, 2.24) is 24.3 Å². The lowest BCUT2D eigenvalue weighted by Gasteiger charge is -2.38. The van der Waals surface area contributed by atoms with Gasteiger partial charge in [0.1, 0.15) is 23.9 Å². The highest BCUT2D eigenvalue weighted by molar-refractivity contribution is 5.92. The summed E-state index contributed by atoms with van der Waals surface area (Å²) in [7, 11) is 1.59. The Hall–Kier alpha value is -5.83. The topological polar surface area (TPSA) is 149 Å². The number of pyridine rings is 3. The number of halogens is 1. The van der Waals surface area contributed by atoms with E-state index in [9.17, 15) is 9.59 Å². The van der Waals surface area contributed by atoms with Gasteiger partial charge in [-0.1, -0.05) is 6.08 Å². The summed E-state index contributed by atoms with van der Waals surface area (Å²) >= 11 is 0. The Bertz CT molecular complexity index is 2330. The zero-order valence-electron chi connectivity index (χ0n) is 30.6. The van der Waals surface area contributed by atoms with Crippen LogP contribution >= 0.6 is 0 Å². The molecule has 0 radical (unpaired) electrons. The van der Waals surface area contributed by atoms with Gasteiger partial charge in [-0.25, -0.2) is 19.2 Å². The summed E-state index contributed by atoms with van der Waals surface area (Å²) < 4.78 is 40.3. The second kappa shape index (κ2) is 14.5. The van der Waals surface area contributed by atoms with Crippen LogP contribution in [0.1, 0.15) is 42.0 Å². The summed E-state index contributed by atoms with van der Waals surface area (Å²) in [5.74, 6) is 1.09. The van der Waals surface area contributed by atoms with Crippen molar-refractivity contribution in [1.29, 1.82) is 0 Å². The van der Waals surface area contributed by atoms with Crippen molar-refractivity contribution >= 4 is 28.1 Å². The van der Waals surface area contributed by atoms with Crippen LogP contribution in [0.4, 0.5) is 21.6 Å². The molecular formula is C39H43FN8O6. The van der Waals surface area contributed by atoms with Crippen molar-refractivity contribution in [2.24, 2.45) is 0 Å². The number of hydrogen-bond donors (Lipinski definition) is 1. The minimum Gasteiger partial charge on any atom is -0.487 e. The van der Waals surface area contributed by atoms with E-state index in [0.717, 1.165) is 29.9 Å². The number of hydrogen-bond acceptors (Lipinski definition) is 13. The normalized spacial score (nSPS) is 17.4. The molecule has 0 aliphatic carbocycles. The van der Waals surface area contributed by atoms with Crippen molar-refractivity contribution in [3.05, 3.63) is 110 Å². The Labute approximate surface area is 310 Å². The molecule has 0 amide bonds. The summed E-state index contributed by atoms with van der Waals surface area (Å²) in [6, 6.07) is 8.88. The Balaban J connectivity index is 1.11. The lowest BCUT2D eigenvalue weighted by Crippen LogP contribution is -2.46. The molecule has 5 aromatic rings. The average molecular weight is 739 g/mol. The average Bonchev–Trinajstić information content (AvgIpc) is 3.50. The van der Waals surface area contributed by atoms with Gasteiger partial charge in [-0.15, -0.1) is 0 Å². The van der Waals surface area contributed by atoms with Crippen LogP contribution in [0.3, 0.4) is 0 Å². The van der Waals surface area contributed by atoms with E-state index in [2.05, 4.69) is 35.3 Å². The molecule has 282 valence electrons. The first-order valence-corrected chi connectivity index (χ1v) is 18.1. The number of piperazine rings is 1. The predicted molar refractivity (Wildman–Crippen MR) is 201 cm³/mol. The Morgan fingerprint density at radius 1 is 1.04 bits per heavy atom. The van der Waals surface area contributed by atoms with E-state index >= 15 is 4.39 Å². The fraction of sp³-hybridized carbons (Fsp3) is 0.385. The highest BCUT2D eigenvalue weighted by atomic mass is 19.1. The molecule has 1 atom stereocenters. The van der Waals surface area contributed by atoms with Crippen molar-refractivity contribution < 1.29 is 22.7 Å². The fourth-order valence-corrected chi connectivity index (χ4v) is 7.63. The van der Waals surface area contributed by atoms with Gasteiger partial charge in [0.25, 0.3) is 0 Å². The Morgan fingerprint density at radius 2 is 1.87 bits per heavy atom. The minimum absolute atomic E-state index is 0.0947. The van der Waals surface area contributed by atoms with Crippen LogP contribution in [0, 0.1) is 12.7 Å². The number of rotatable bonds is 10. The van der Waals surface area contributed by atoms with Crippen LogP contribution in [-0.4, -0.2) is 77.3 Å². The summed E-state index contributed by atoms with van der Waals surface area (Å²) in [4.78, 5) is 43.1. The summed E-state index contributed by atoms with van der Waals surface area (Å²) in [5.41, 5.74) is 10.1. The molecule has 1 aromatic carbocycles. The summed E-state index contributed by atoms with van der Waals surface area (Å²) in [6.45, 7) is 8.95. The molecule has 0 bridgehead atoms. The molecule has 4 aromatic heterocycles. The SMILES string of the molecule is COc1cc(CN(Cc2cn3c4c(c(N5CCN(Cc6oc(=O)oc6C)CC5)c(F)cc4c2=O)OCC3C)C2=CCCN(c3ccc(N)nc3)C2)ccn1. The molecule has 15 heteroatoms. The third-order valence-electron chi connectivity index (χ3n) is 10.5. The molecule has 1 saturated heterocycles. The monoisotopic (exact) mass is 738 g/mol. The number of nitrogen functional groups attached to an aromatic ring is 1. The van der Waals surface area contributed by atoms with Crippen molar-refractivity contribution in [3.8, 4) is 11.6 Å². The van der Waals surface area contributed by atoms with E-state index in [4.69, 9.17) is 24.0 Å². The van der Waals surface area contributed by atoms with Crippen molar-refractivity contribution in [2.75, 3.05) is 68.5 Å². The van der Waals surface area contributed by atoms with Gasteiger partial charge in [-0.05, 0) is 50.1 Å². The molecule has 0 saturated carbocycles. The molecule has 14 nitrogen and oxygen atoms in total. The Morgan fingerprint density at radius 3 is 2.61 bits per heavy atom.